The van der Waals surface area contributed by atoms with Gasteiger partial charge in [-0.3, -0.25) is 14.4 Å². The maximum atomic E-state index is 13.5. The third kappa shape index (κ3) is 3.28. The molecule has 4 rings (SSSR count). The van der Waals surface area contributed by atoms with Crippen LogP contribution in [0.3, 0.4) is 0 Å². The van der Waals surface area contributed by atoms with Gasteiger partial charge >= 0.3 is 11.9 Å². The molecule has 0 bridgehead atoms. The quantitative estimate of drug-likeness (QED) is 0.489. The minimum absolute atomic E-state index is 0.0594. The lowest BCUT2D eigenvalue weighted by molar-refractivity contribution is -0.132. The van der Waals surface area contributed by atoms with Crippen molar-refractivity contribution in [3.63, 3.8) is 0 Å². The van der Waals surface area contributed by atoms with Gasteiger partial charge in [-0.05, 0) is 46.5 Å². The smallest absolute Gasteiger partial charge is 0.308 e. The first-order chi connectivity index (χ1) is 14.4. The highest BCUT2D eigenvalue weighted by molar-refractivity contribution is 6.03. The SMILES string of the molecule is CC(=O)Oc1ccc(C2(c3ccc(OC(C)=O)cc3)C(=O)Cc3ccccc32)cc1. The van der Waals surface area contributed by atoms with E-state index < -0.39 is 17.4 Å². The van der Waals surface area contributed by atoms with Gasteiger partial charge in [0.15, 0.2) is 5.78 Å². The molecule has 0 fully saturated rings. The number of ether oxygens (including phenoxy) is 2. The summed E-state index contributed by atoms with van der Waals surface area (Å²) in [6.45, 7) is 2.69. The van der Waals surface area contributed by atoms with E-state index in [4.69, 9.17) is 9.47 Å². The Hall–Kier alpha value is -3.73. The van der Waals surface area contributed by atoms with Crippen molar-refractivity contribution in [3.05, 3.63) is 95.1 Å². The molecule has 0 saturated heterocycles. The van der Waals surface area contributed by atoms with Gasteiger partial charge in [-0.15, -0.1) is 0 Å². The van der Waals surface area contributed by atoms with E-state index >= 15 is 0 Å². The zero-order chi connectivity index (χ0) is 21.3. The number of Topliss-reactive ketones (excluding diaryl/α,β-unsaturated/α-hetero) is 1. The monoisotopic (exact) mass is 400 g/mol. The van der Waals surface area contributed by atoms with Crippen molar-refractivity contribution in [1.82, 2.24) is 0 Å². The van der Waals surface area contributed by atoms with E-state index in [2.05, 4.69) is 0 Å². The van der Waals surface area contributed by atoms with Gasteiger partial charge in [-0.1, -0.05) is 48.5 Å². The van der Waals surface area contributed by atoms with E-state index in [0.29, 0.717) is 17.9 Å². The summed E-state index contributed by atoms with van der Waals surface area (Å²) in [6.07, 6.45) is 0.327. The van der Waals surface area contributed by atoms with Crippen LogP contribution in [0.4, 0.5) is 0 Å². The average molecular weight is 400 g/mol. The average Bonchev–Trinajstić information content (AvgIpc) is 3.01. The molecule has 0 aromatic heterocycles. The molecule has 1 aliphatic carbocycles. The lowest BCUT2D eigenvalue weighted by Crippen LogP contribution is -2.34. The van der Waals surface area contributed by atoms with Crippen molar-refractivity contribution in [2.24, 2.45) is 0 Å². The maximum absolute atomic E-state index is 13.5. The van der Waals surface area contributed by atoms with E-state index in [1.165, 1.54) is 13.8 Å². The fourth-order valence-electron chi connectivity index (χ4n) is 4.17. The molecule has 0 atom stereocenters. The highest BCUT2D eigenvalue weighted by atomic mass is 16.5. The molecular weight excluding hydrogens is 380 g/mol. The highest BCUT2D eigenvalue weighted by Crippen LogP contribution is 2.47. The fraction of sp³-hybridized carbons (Fsp3) is 0.160. The molecule has 0 N–H and O–H groups in total. The maximum Gasteiger partial charge on any atom is 0.308 e. The summed E-state index contributed by atoms with van der Waals surface area (Å²) in [5, 5.41) is 0. The molecule has 30 heavy (non-hydrogen) atoms. The summed E-state index contributed by atoms with van der Waals surface area (Å²) < 4.78 is 10.3. The summed E-state index contributed by atoms with van der Waals surface area (Å²) in [7, 11) is 0. The fourth-order valence-corrected chi connectivity index (χ4v) is 4.17. The number of hydrogen-bond donors (Lipinski definition) is 0. The largest absolute Gasteiger partial charge is 0.427 e. The molecule has 0 heterocycles. The van der Waals surface area contributed by atoms with Crippen molar-refractivity contribution in [2.75, 3.05) is 0 Å². The Kier molecular flexibility index (Phi) is 4.96. The molecule has 0 saturated carbocycles. The van der Waals surface area contributed by atoms with E-state index in [1.54, 1.807) is 24.3 Å². The molecule has 5 nitrogen and oxygen atoms in total. The van der Waals surface area contributed by atoms with Gasteiger partial charge < -0.3 is 9.47 Å². The van der Waals surface area contributed by atoms with Crippen molar-refractivity contribution in [1.29, 1.82) is 0 Å². The molecule has 0 aliphatic heterocycles. The Morgan fingerprint density at radius 1 is 0.733 bits per heavy atom. The minimum Gasteiger partial charge on any atom is -0.427 e. The first-order valence-electron chi connectivity index (χ1n) is 9.61. The van der Waals surface area contributed by atoms with Crippen LogP contribution in [0, 0.1) is 0 Å². The van der Waals surface area contributed by atoms with Crippen molar-refractivity contribution >= 4 is 17.7 Å². The van der Waals surface area contributed by atoms with Crippen LogP contribution in [0.1, 0.15) is 36.1 Å². The van der Waals surface area contributed by atoms with Gasteiger partial charge in [0, 0.05) is 20.3 Å². The molecule has 1 aliphatic rings. The third-order valence-electron chi connectivity index (χ3n) is 5.29. The van der Waals surface area contributed by atoms with Gasteiger partial charge in [0.1, 0.15) is 16.9 Å². The molecule has 0 amide bonds. The second-order valence-corrected chi connectivity index (χ2v) is 7.24. The van der Waals surface area contributed by atoms with Crippen LogP contribution in [0.5, 0.6) is 11.5 Å². The second kappa shape index (κ2) is 7.59. The zero-order valence-electron chi connectivity index (χ0n) is 16.7. The Balaban J connectivity index is 1.88. The first kappa shape index (κ1) is 19.6. The van der Waals surface area contributed by atoms with Crippen molar-refractivity contribution in [3.8, 4) is 11.5 Å². The Labute approximate surface area is 174 Å². The van der Waals surface area contributed by atoms with E-state index in [-0.39, 0.29) is 5.78 Å². The standard InChI is InChI=1S/C25H20O5/c1-16(26)29-21-11-7-19(8-12-21)25(20-9-13-22(14-10-20)30-17(2)27)23-6-4-3-5-18(23)15-24(25)28/h3-14H,15H2,1-2H3. The summed E-state index contributed by atoms with van der Waals surface area (Å²) in [4.78, 5) is 36.0. The number of rotatable bonds is 4. The van der Waals surface area contributed by atoms with Gasteiger partial charge in [-0.2, -0.15) is 0 Å². The minimum atomic E-state index is -0.986. The molecule has 0 spiro atoms. The molecule has 0 unspecified atom stereocenters. The first-order valence-corrected chi connectivity index (χ1v) is 9.61. The summed E-state index contributed by atoms with van der Waals surface area (Å²) >= 11 is 0. The number of carbonyl (C=O) groups excluding carboxylic acids is 3. The molecule has 150 valence electrons. The summed E-state index contributed by atoms with van der Waals surface area (Å²) in [5.41, 5.74) is 2.49. The van der Waals surface area contributed by atoms with Gasteiger partial charge in [-0.25, -0.2) is 0 Å². The predicted molar refractivity (Wildman–Crippen MR) is 111 cm³/mol. The van der Waals surface area contributed by atoms with Gasteiger partial charge in [0.2, 0.25) is 0 Å². The summed E-state index contributed by atoms with van der Waals surface area (Å²) in [6, 6.07) is 21.8. The number of benzene rings is 3. The zero-order valence-corrected chi connectivity index (χ0v) is 16.7. The van der Waals surface area contributed by atoms with Gasteiger partial charge in [0.25, 0.3) is 0 Å². The number of hydrogen-bond acceptors (Lipinski definition) is 5. The Morgan fingerprint density at radius 3 is 1.67 bits per heavy atom. The topological polar surface area (TPSA) is 69.7 Å². The molecule has 0 radical (unpaired) electrons. The number of fused-ring (bicyclic) bond motifs is 1. The van der Waals surface area contributed by atoms with Crippen LogP contribution >= 0.6 is 0 Å². The molecule has 3 aromatic carbocycles. The molecular formula is C25H20O5. The van der Waals surface area contributed by atoms with Gasteiger partial charge in [0.05, 0.1) is 0 Å². The van der Waals surface area contributed by atoms with Crippen LogP contribution in [-0.2, 0) is 26.2 Å². The van der Waals surface area contributed by atoms with E-state index in [0.717, 1.165) is 22.3 Å². The number of esters is 2. The third-order valence-corrected chi connectivity index (χ3v) is 5.29. The number of carbonyl (C=O) groups is 3. The van der Waals surface area contributed by atoms with Crippen LogP contribution in [-0.4, -0.2) is 17.7 Å². The van der Waals surface area contributed by atoms with Crippen LogP contribution in [0.15, 0.2) is 72.8 Å². The predicted octanol–water partition coefficient (Wildman–Crippen LogP) is 4.00. The van der Waals surface area contributed by atoms with Crippen LogP contribution < -0.4 is 9.47 Å². The summed E-state index contributed by atoms with van der Waals surface area (Å²) in [5.74, 6) is 0.0986. The lowest BCUT2D eigenvalue weighted by Gasteiger charge is -2.30. The normalized spacial score (nSPS) is 14.1. The van der Waals surface area contributed by atoms with E-state index in [1.807, 2.05) is 48.5 Å². The number of ketones is 1. The Bertz CT molecular complexity index is 1070. The lowest BCUT2D eigenvalue weighted by atomic mass is 9.69. The highest BCUT2D eigenvalue weighted by Gasteiger charge is 2.48. The van der Waals surface area contributed by atoms with Crippen molar-refractivity contribution < 1.29 is 23.9 Å². The second-order valence-electron chi connectivity index (χ2n) is 7.24. The van der Waals surface area contributed by atoms with Crippen molar-refractivity contribution in [2.45, 2.75) is 25.7 Å². The van der Waals surface area contributed by atoms with Crippen LogP contribution in [0.2, 0.25) is 0 Å². The molecule has 3 aromatic rings. The molecule has 5 heteroatoms. The Morgan fingerprint density at radius 2 is 1.20 bits per heavy atom. The van der Waals surface area contributed by atoms with Crippen LogP contribution in [0.25, 0.3) is 0 Å². The van der Waals surface area contributed by atoms with E-state index in [9.17, 15) is 14.4 Å².